The van der Waals surface area contributed by atoms with Crippen molar-refractivity contribution in [2.75, 3.05) is 20.2 Å². The van der Waals surface area contributed by atoms with Crippen LogP contribution in [0, 0.1) is 24.2 Å². The smallest absolute Gasteiger partial charge is 0.254 e. The summed E-state index contributed by atoms with van der Waals surface area (Å²) in [7, 11) is 1.61. The molecule has 1 aromatic rings. The van der Waals surface area contributed by atoms with Gasteiger partial charge in [0.05, 0.1) is 19.1 Å². The molecule has 0 aliphatic carbocycles. The van der Waals surface area contributed by atoms with Crippen molar-refractivity contribution in [1.82, 2.24) is 4.90 Å². The minimum Gasteiger partial charge on any atom is -0.497 e. The molecule has 1 saturated heterocycles. The molecule has 0 saturated carbocycles. The number of carbonyl (C=O) groups is 1. The number of hydrogen-bond acceptors (Lipinski definition) is 3. The third-order valence-electron chi connectivity index (χ3n) is 3.56. The van der Waals surface area contributed by atoms with E-state index in [1.807, 2.05) is 13.0 Å². The highest BCUT2D eigenvalue weighted by Crippen LogP contribution is 2.22. The highest BCUT2D eigenvalue weighted by atomic mass is 16.5. The summed E-state index contributed by atoms with van der Waals surface area (Å²) < 4.78 is 5.14. The quantitative estimate of drug-likeness (QED) is 0.818. The number of ether oxygens (including phenoxy) is 1. The first-order valence-electron chi connectivity index (χ1n) is 6.49. The van der Waals surface area contributed by atoms with Crippen LogP contribution < -0.4 is 4.74 Å². The molecular formula is C15H18N2O2. The van der Waals surface area contributed by atoms with Crippen molar-refractivity contribution in [3.8, 4) is 11.8 Å². The molecule has 1 aliphatic heterocycles. The number of aryl methyl sites for hydroxylation is 1. The van der Waals surface area contributed by atoms with E-state index >= 15 is 0 Å². The maximum atomic E-state index is 12.5. The first kappa shape index (κ1) is 13.4. The average molecular weight is 258 g/mol. The number of methoxy groups -OCH3 is 1. The monoisotopic (exact) mass is 258 g/mol. The van der Waals surface area contributed by atoms with Gasteiger partial charge >= 0.3 is 0 Å². The second-order valence-electron chi connectivity index (χ2n) is 4.90. The van der Waals surface area contributed by atoms with Gasteiger partial charge in [0.15, 0.2) is 0 Å². The van der Waals surface area contributed by atoms with E-state index in [1.54, 1.807) is 24.1 Å². The Morgan fingerprint density at radius 3 is 2.95 bits per heavy atom. The molecule has 0 radical (unpaired) electrons. The summed E-state index contributed by atoms with van der Waals surface area (Å²) in [6.07, 6.45) is 1.79. The van der Waals surface area contributed by atoms with Crippen LogP contribution in [0.4, 0.5) is 0 Å². The summed E-state index contributed by atoms with van der Waals surface area (Å²) >= 11 is 0. The molecule has 0 bridgehead atoms. The van der Waals surface area contributed by atoms with Gasteiger partial charge in [0.2, 0.25) is 0 Å². The maximum Gasteiger partial charge on any atom is 0.254 e. The van der Waals surface area contributed by atoms with Crippen LogP contribution in [-0.2, 0) is 0 Å². The van der Waals surface area contributed by atoms with E-state index in [4.69, 9.17) is 10.00 Å². The third kappa shape index (κ3) is 2.87. The van der Waals surface area contributed by atoms with Gasteiger partial charge in [-0.15, -0.1) is 0 Å². The van der Waals surface area contributed by atoms with Gasteiger partial charge in [-0.3, -0.25) is 4.79 Å². The Hall–Kier alpha value is -2.02. The first-order chi connectivity index (χ1) is 9.15. The van der Waals surface area contributed by atoms with Crippen LogP contribution in [0.25, 0.3) is 0 Å². The fourth-order valence-electron chi connectivity index (χ4n) is 2.44. The van der Waals surface area contributed by atoms with Crippen molar-refractivity contribution in [1.29, 1.82) is 5.26 Å². The van der Waals surface area contributed by atoms with Crippen molar-refractivity contribution in [3.63, 3.8) is 0 Å². The lowest BCUT2D eigenvalue weighted by molar-refractivity contribution is 0.0698. The Labute approximate surface area is 113 Å². The molecule has 0 aromatic heterocycles. The fourth-order valence-corrected chi connectivity index (χ4v) is 2.44. The maximum absolute atomic E-state index is 12.5. The molecule has 2 rings (SSSR count). The van der Waals surface area contributed by atoms with Gasteiger partial charge in [0, 0.05) is 18.7 Å². The summed E-state index contributed by atoms with van der Waals surface area (Å²) in [5.41, 5.74) is 1.60. The molecular weight excluding hydrogens is 240 g/mol. The molecule has 4 nitrogen and oxygen atoms in total. The van der Waals surface area contributed by atoms with E-state index in [9.17, 15) is 4.79 Å². The minimum absolute atomic E-state index is 0.0140. The number of nitriles is 1. The lowest BCUT2D eigenvalue weighted by Gasteiger charge is -2.30. The molecule has 1 heterocycles. The Kier molecular flexibility index (Phi) is 4.06. The van der Waals surface area contributed by atoms with E-state index in [-0.39, 0.29) is 11.8 Å². The molecule has 1 atom stereocenters. The first-order valence-corrected chi connectivity index (χ1v) is 6.49. The number of piperidine rings is 1. The second-order valence-corrected chi connectivity index (χ2v) is 4.90. The zero-order valence-corrected chi connectivity index (χ0v) is 11.3. The number of amides is 1. The van der Waals surface area contributed by atoms with Gasteiger partial charge in [0.25, 0.3) is 5.91 Å². The number of nitrogens with zero attached hydrogens (tertiary/aromatic N) is 2. The van der Waals surface area contributed by atoms with E-state index in [1.165, 1.54) is 0 Å². The number of rotatable bonds is 2. The van der Waals surface area contributed by atoms with Crippen molar-refractivity contribution in [2.45, 2.75) is 19.8 Å². The normalized spacial score (nSPS) is 18.8. The third-order valence-corrected chi connectivity index (χ3v) is 3.56. The number of carbonyl (C=O) groups excluding carboxylic acids is 1. The zero-order chi connectivity index (χ0) is 13.8. The van der Waals surface area contributed by atoms with Gasteiger partial charge in [-0.05, 0) is 43.5 Å². The Morgan fingerprint density at radius 2 is 2.32 bits per heavy atom. The molecule has 0 N–H and O–H groups in total. The standard InChI is InChI=1S/C15H18N2O2/c1-11-8-13(19-2)5-6-14(11)15(18)17-7-3-4-12(9-16)10-17/h5-6,8,12H,3-4,7,10H2,1-2H3. The second kappa shape index (κ2) is 5.75. The van der Waals surface area contributed by atoms with Crippen LogP contribution in [-0.4, -0.2) is 31.0 Å². The van der Waals surface area contributed by atoms with Crippen LogP contribution in [0.15, 0.2) is 18.2 Å². The summed E-state index contributed by atoms with van der Waals surface area (Å²) in [6.45, 7) is 3.19. The summed E-state index contributed by atoms with van der Waals surface area (Å²) in [5.74, 6) is 0.735. The van der Waals surface area contributed by atoms with Gasteiger partial charge < -0.3 is 9.64 Å². The molecule has 1 unspecified atom stereocenters. The van der Waals surface area contributed by atoms with Gasteiger partial charge in [-0.1, -0.05) is 0 Å². The van der Waals surface area contributed by atoms with Crippen LogP contribution in [0.5, 0.6) is 5.75 Å². The van der Waals surface area contributed by atoms with Crippen LogP contribution >= 0.6 is 0 Å². The summed E-state index contributed by atoms with van der Waals surface area (Å²) in [4.78, 5) is 14.2. The molecule has 1 aromatic carbocycles. The van der Waals surface area contributed by atoms with Crippen molar-refractivity contribution in [2.24, 2.45) is 5.92 Å². The van der Waals surface area contributed by atoms with Crippen molar-refractivity contribution < 1.29 is 9.53 Å². The SMILES string of the molecule is COc1ccc(C(=O)N2CCCC(C#N)C2)c(C)c1. The molecule has 100 valence electrons. The van der Waals surface area contributed by atoms with Crippen LogP contribution in [0.1, 0.15) is 28.8 Å². The predicted molar refractivity (Wildman–Crippen MR) is 72.0 cm³/mol. The average Bonchev–Trinajstić information content (AvgIpc) is 2.46. The largest absolute Gasteiger partial charge is 0.497 e. The van der Waals surface area contributed by atoms with Crippen molar-refractivity contribution >= 4 is 5.91 Å². The predicted octanol–water partition coefficient (Wildman–Crippen LogP) is 2.38. The highest BCUT2D eigenvalue weighted by Gasteiger charge is 2.25. The van der Waals surface area contributed by atoms with Crippen LogP contribution in [0.2, 0.25) is 0 Å². The highest BCUT2D eigenvalue weighted by molar-refractivity contribution is 5.95. The van der Waals surface area contributed by atoms with Gasteiger partial charge in [-0.2, -0.15) is 5.26 Å². The molecule has 1 fully saturated rings. The van der Waals surface area contributed by atoms with E-state index in [2.05, 4.69) is 6.07 Å². The molecule has 1 aliphatic rings. The van der Waals surface area contributed by atoms with Gasteiger partial charge in [-0.25, -0.2) is 0 Å². The lowest BCUT2D eigenvalue weighted by atomic mass is 9.98. The van der Waals surface area contributed by atoms with Gasteiger partial charge in [0.1, 0.15) is 5.75 Å². The van der Waals surface area contributed by atoms with E-state index in [0.29, 0.717) is 12.1 Å². The Morgan fingerprint density at radius 1 is 1.53 bits per heavy atom. The fraction of sp³-hybridized carbons (Fsp3) is 0.467. The van der Waals surface area contributed by atoms with E-state index < -0.39 is 0 Å². The lowest BCUT2D eigenvalue weighted by Crippen LogP contribution is -2.39. The molecule has 4 heteroatoms. The molecule has 19 heavy (non-hydrogen) atoms. The van der Waals surface area contributed by atoms with Crippen LogP contribution in [0.3, 0.4) is 0 Å². The topological polar surface area (TPSA) is 53.3 Å². The zero-order valence-electron chi connectivity index (χ0n) is 11.3. The Balaban J connectivity index is 2.17. The number of hydrogen-bond donors (Lipinski definition) is 0. The Bertz CT molecular complexity index is 519. The van der Waals surface area contributed by atoms with Crippen molar-refractivity contribution in [3.05, 3.63) is 29.3 Å². The summed E-state index contributed by atoms with van der Waals surface area (Å²) in [5, 5.41) is 8.98. The molecule has 0 spiro atoms. The number of benzene rings is 1. The molecule has 1 amide bonds. The minimum atomic E-state index is -0.0312. The van der Waals surface area contributed by atoms with E-state index in [0.717, 1.165) is 30.7 Å². The number of likely N-dealkylation sites (tertiary alicyclic amines) is 1. The summed E-state index contributed by atoms with van der Waals surface area (Å²) in [6, 6.07) is 7.71.